The van der Waals surface area contributed by atoms with Crippen molar-refractivity contribution in [3.63, 3.8) is 0 Å². The minimum Gasteiger partial charge on any atom is -0.398 e. The van der Waals surface area contributed by atoms with E-state index in [-0.39, 0.29) is 0 Å². The van der Waals surface area contributed by atoms with Crippen molar-refractivity contribution in [1.29, 1.82) is 5.41 Å². The van der Waals surface area contributed by atoms with Gasteiger partial charge in [-0.2, -0.15) is 0 Å². The highest BCUT2D eigenvalue weighted by Crippen LogP contribution is 2.34. The lowest BCUT2D eigenvalue weighted by atomic mass is 10.1. The van der Waals surface area contributed by atoms with Gasteiger partial charge in [0.25, 0.3) is 0 Å². The standard InChI is InChI=1S/C15H21N5S/c1-3-9(4-2)19-12-8-14(18)20-11-7-13(21-15(11)12)10(17)5-6-16/h5-9,16H,3-4,17H2,1-2H3,(H3,18,19,20)/b10-5-,16-6?. The van der Waals surface area contributed by atoms with Gasteiger partial charge in [-0.1, -0.05) is 13.8 Å². The molecular weight excluding hydrogens is 282 g/mol. The number of pyridine rings is 1. The zero-order valence-electron chi connectivity index (χ0n) is 12.3. The largest absolute Gasteiger partial charge is 0.398 e. The maximum Gasteiger partial charge on any atom is 0.126 e. The molecule has 0 aromatic carbocycles. The molecule has 112 valence electrons. The molecule has 6 N–H and O–H groups in total. The molecule has 0 radical (unpaired) electrons. The van der Waals surface area contributed by atoms with E-state index in [1.54, 1.807) is 17.4 Å². The van der Waals surface area contributed by atoms with Crippen LogP contribution in [0.4, 0.5) is 11.5 Å². The van der Waals surface area contributed by atoms with Gasteiger partial charge in [0, 0.05) is 18.3 Å². The lowest BCUT2D eigenvalue weighted by Crippen LogP contribution is -2.17. The summed E-state index contributed by atoms with van der Waals surface area (Å²) >= 11 is 1.57. The lowest BCUT2D eigenvalue weighted by Gasteiger charge is -2.17. The SMILES string of the molecule is CCC(CC)Nc1cc(N)nc2cc(/C(N)=C/C=N)sc12. The number of rotatable bonds is 6. The van der Waals surface area contributed by atoms with E-state index in [1.807, 2.05) is 12.1 Å². The molecule has 0 saturated heterocycles. The fourth-order valence-corrected chi connectivity index (χ4v) is 3.19. The Balaban J connectivity index is 2.50. The van der Waals surface area contributed by atoms with Crippen LogP contribution in [0, 0.1) is 5.41 Å². The number of nitrogens with zero attached hydrogens (tertiary/aromatic N) is 1. The molecule has 0 aliphatic heterocycles. The van der Waals surface area contributed by atoms with E-state index in [4.69, 9.17) is 16.9 Å². The number of allylic oxidation sites excluding steroid dienone is 1. The minimum atomic E-state index is 0.412. The zero-order valence-corrected chi connectivity index (χ0v) is 13.1. The highest BCUT2D eigenvalue weighted by molar-refractivity contribution is 7.20. The molecule has 2 rings (SSSR count). The Hall–Kier alpha value is -2.08. The predicted octanol–water partition coefficient (Wildman–Crippen LogP) is 3.43. The number of fused-ring (bicyclic) bond motifs is 1. The maximum atomic E-state index is 7.11. The second-order valence-corrected chi connectivity index (χ2v) is 5.92. The van der Waals surface area contributed by atoms with Gasteiger partial charge in [0.05, 0.1) is 26.5 Å². The first kappa shape index (κ1) is 15.3. The Morgan fingerprint density at radius 1 is 1.43 bits per heavy atom. The van der Waals surface area contributed by atoms with E-state index in [2.05, 4.69) is 24.1 Å². The molecule has 0 amide bonds. The number of nitrogens with one attached hydrogen (secondary N) is 2. The fraction of sp³-hybridized carbons (Fsp3) is 0.333. The average molecular weight is 303 g/mol. The van der Waals surface area contributed by atoms with Gasteiger partial charge in [0.1, 0.15) is 5.82 Å². The van der Waals surface area contributed by atoms with E-state index >= 15 is 0 Å². The number of nitrogens with two attached hydrogens (primary N) is 2. The first-order valence-electron chi connectivity index (χ1n) is 7.02. The van der Waals surface area contributed by atoms with Gasteiger partial charge in [-0.25, -0.2) is 4.98 Å². The van der Waals surface area contributed by atoms with Crippen molar-refractivity contribution in [2.75, 3.05) is 11.1 Å². The van der Waals surface area contributed by atoms with E-state index in [0.29, 0.717) is 17.6 Å². The summed E-state index contributed by atoms with van der Waals surface area (Å²) in [5, 5.41) is 10.6. The number of thiophene rings is 1. The third-order valence-corrected chi connectivity index (χ3v) is 4.60. The maximum absolute atomic E-state index is 7.11. The van der Waals surface area contributed by atoms with Crippen LogP contribution in [-0.4, -0.2) is 17.2 Å². The van der Waals surface area contributed by atoms with Crippen molar-refractivity contribution in [1.82, 2.24) is 4.98 Å². The molecule has 21 heavy (non-hydrogen) atoms. The molecule has 0 spiro atoms. The number of nitrogen functional groups attached to an aromatic ring is 1. The normalized spacial score (nSPS) is 12.0. The number of hydrogen-bond acceptors (Lipinski definition) is 6. The number of hydrogen-bond donors (Lipinski definition) is 4. The Labute approximate surface area is 128 Å². The molecule has 2 heterocycles. The van der Waals surface area contributed by atoms with Gasteiger partial charge in [-0.3, -0.25) is 0 Å². The van der Waals surface area contributed by atoms with Crippen molar-refractivity contribution in [3.8, 4) is 0 Å². The second kappa shape index (κ2) is 6.58. The van der Waals surface area contributed by atoms with E-state index < -0.39 is 0 Å². The van der Waals surface area contributed by atoms with E-state index in [1.165, 1.54) is 6.21 Å². The van der Waals surface area contributed by atoms with Crippen molar-refractivity contribution in [2.24, 2.45) is 5.73 Å². The Kier molecular flexibility index (Phi) is 4.80. The number of aromatic nitrogens is 1. The van der Waals surface area contributed by atoms with Crippen LogP contribution in [0.5, 0.6) is 0 Å². The molecule has 0 aliphatic rings. The molecule has 2 aromatic heterocycles. The van der Waals surface area contributed by atoms with Crippen molar-refractivity contribution >= 4 is 45.0 Å². The summed E-state index contributed by atoms with van der Waals surface area (Å²) in [7, 11) is 0. The molecule has 6 heteroatoms. The first-order chi connectivity index (χ1) is 10.1. The van der Waals surface area contributed by atoms with Crippen LogP contribution in [-0.2, 0) is 0 Å². The van der Waals surface area contributed by atoms with Crippen LogP contribution in [0.2, 0.25) is 0 Å². The topological polar surface area (TPSA) is 101 Å². The third kappa shape index (κ3) is 3.33. The van der Waals surface area contributed by atoms with Crippen LogP contribution in [0.3, 0.4) is 0 Å². The molecule has 5 nitrogen and oxygen atoms in total. The van der Waals surface area contributed by atoms with Gasteiger partial charge in [-0.05, 0) is 25.0 Å². The quantitative estimate of drug-likeness (QED) is 0.614. The van der Waals surface area contributed by atoms with Crippen LogP contribution in [0.15, 0.2) is 18.2 Å². The van der Waals surface area contributed by atoms with E-state index in [9.17, 15) is 0 Å². The highest BCUT2D eigenvalue weighted by atomic mass is 32.1. The number of anilines is 2. The van der Waals surface area contributed by atoms with Crippen LogP contribution >= 0.6 is 11.3 Å². The minimum absolute atomic E-state index is 0.412. The summed E-state index contributed by atoms with van der Waals surface area (Å²) in [6.07, 6.45) is 4.86. The van der Waals surface area contributed by atoms with E-state index in [0.717, 1.165) is 33.6 Å². The van der Waals surface area contributed by atoms with Crippen molar-refractivity contribution in [3.05, 3.63) is 23.1 Å². The summed E-state index contributed by atoms with van der Waals surface area (Å²) in [4.78, 5) is 5.27. The monoisotopic (exact) mass is 303 g/mol. The molecular formula is C15H21N5S. The summed E-state index contributed by atoms with van der Waals surface area (Å²) in [5.41, 5.74) is 14.3. The smallest absolute Gasteiger partial charge is 0.126 e. The van der Waals surface area contributed by atoms with Gasteiger partial charge in [0.2, 0.25) is 0 Å². The summed E-state index contributed by atoms with van der Waals surface area (Å²) in [6, 6.07) is 4.20. The van der Waals surface area contributed by atoms with Crippen molar-refractivity contribution < 1.29 is 0 Å². The molecule has 0 atom stereocenters. The molecule has 0 unspecified atom stereocenters. The van der Waals surface area contributed by atoms with Crippen LogP contribution in [0.25, 0.3) is 15.9 Å². The van der Waals surface area contributed by atoms with Gasteiger partial charge in [0.15, 0.2) is 0 Å². The highest BCUT2D eigenvalue weighted by Gasteiger charge is 2.13. The van der Waals surface area contributed by atoms with Crippen LogP contribution in [0.1, 0.15) is 31.6 Å². The lowest BCUT2D eigenvalue weighted by molar-refractivity contribution is 0.672. The molecule has 0 aliphatic carbocycles. The summed E-state index contributed by atoms with van der Waals surface area (Å²) in [5.74, 6) is 0.495. The second-order valence-electron chi connectivity index (χ2n) is 4.87. The van der Waals surface area contributed by atoms with Gasteiger partial charge < -0.3 is 22.2 Å². The zero-order chi connectivity index (χ0) is 15.4. The first-order valence-corrected chi connectivity index (χ1v) is 7.83. The third-order valence-electron chi connectivity index (χ3n) is 3.39. The molecule has 0 saturated carbocycles. The molecule has 0 bridgehead atoms. The summed E-state index contributed by atoms with van der Waals surface area (Å²) in [6.45, 7) is 4.32. The Morgan fingerprint density at radius 2 is 2.14 bits per heavy atom. The Bertz CT molecular complexity index is 670. The molecule has 0 fully saturated rings. The Morgan fingerprint density at radius 3 is 2.76 bits per heavy atom. The average Bonchev–Trinajstić information content (AvgIpc) is 2.88. The van der Waals surface area contributed by atoms with Crippen LogP contribution < -0.4 is 16.8 Å². The van der Waals surface area contributed by atoms with Gasteiger partial charge in [-0.15, -0.1) is 11.3 Å². The fourth-order valence-electron chi connectivity index (χ4n) is 2.18. The molecule has 2 aromatic rings. The predicted molar refractivity (Wildman–Crippen MR) is 93.0 cm³/mol. The van der Waals surface area contributed by atoms with Crippen molar-refractivity contribution in [2.45, 2.75) is 32.7 Å². The summed E-state index contributed by atoms with van der Waals surface area (Å²) < 4.78 is 1.05. The van der Waals surface area contributed by atoms with Gasteiger partial charge >= 0.3 is 0 Å².